The zero-order valence-corrected chi connectivity index (χ0v) is 20.8. The Morgan fingerprint density at radius 1 is 1.06 bits per heavy atom. The van der Waals surface area contributed by atoms with Gasteiger partial charge in [-0.3, -0.25) is 14.7 Å². The number of benzene rings is 1. The number of piperidine rings is 1. The summed E-state index contributed by atoms with van der Waals surface area (Å²) in [6.07, 6.45) is 9.10. The Kier molecular flexibility index (Phi) is 7.04. The smallest absolute Gasteiger partial charge is 0.407 e. The second-order valence-electron chi connectivity index (χ2n) is 10.3. The van der Waals surface area contributed by atoms with E-state index in [1.165, 1.54) is 19.3 Å². The Hall–Kier alpha value is -2.93. The highest BCUT2D eigenvalue weighted by atomic mass is 16.6. The number of likely N-dealkylation sites (tertiary alicyclic amines) is 1. The SMILES string of the molecule is CC(=O)N1c2ccc(-c3ccc(CN4CCCCC4)nc3)cc2[C@@H](NC(=O)OC2CCC2)C[C@H]1C. The van der Waals surface area contributed by atoms with Crippen LogP contribution in [0, 0.1) is 0 Å². The Bertz CT molecular complexity index is 1060. The van der Waals surface area contributed by atoms with E-state index < -0.39 is 0 Å². The number of hydrogen-bond donors (Lipinski definition) is 1. The molecule has 1 saturated carbocycles. The van der Waals surface area contributed by atoms with Crippen LogP contribution < -0.4 is 10.2 Å². The molecule has 0 bridgehead atoms. The number of hydrogen-bond acceptors (Lipinski definition) is 5. The van der Waals surface area contributed by atoms with Gasteiger partial charge in [-0.15, -0.1) is 0 Å². The first-order chi connectivity index (χ1) is 17.0. The van der Waals surface area contributed by atoms with Crippen molar-refractivity contribution in [1.29, 1.82) is 0 Å². The molecule has 7 heteroatoms. The summed E-state index contributed by atoms with van der Waals surface area (Å²) in [5.74, 6) is 0.00530. The molecule has 2 atom stereocenters. The van der Waals surface area contributed by atoms with Gasteiger partial charge in [-0.1, -0.05) is 18.6 Å². The molecule has 1 aliphatic carbocycles. The molecule has 0 spiro atoms. The number of fused-ring (bicyclic) bond motifs is 1. The first-order valence-corrected chi connectivity index (χ1v) is 13.1. The second kappa shape index (κ2) is 10.4. The monoisotopic (exact) mass is 476 g/mol. The Balaban J connectivity index is 1.38. The molecule has 2 aliphatic heterocycles. The highest BCUT2D eigenvalue weighted by molar-refractivity contribution is 5.94. The molecule has 2 amide bonds. The fraction of sp³-hybridized carbons (Fsp3) is 0.536. The number of nitrogens with zero attached hydrogens (tertiary/aromatic N) is 3. The van der Waals surface area contributed by atoms with E-state index in [1.54, 1.807) is 6.92 Å². The summed E-state index contributed by atoms with van der Waals surface area (Å²) in [4.78, 5) is 34.1. The highest BCUT2D eigenvalue weighted by Crippen LogP contribution is 2.39. The van der Waals surface area contributed by atoms with Crippen LogP contribution in [-0.2, 0) is 16.1 Å². The second-order valence-corrected chi connectivity index (χ2v) is 10.3. The number of aromatic nitrogens is 1. The van der Waals surface area contributed by atoms with Crippen LogP contribution in [-0.4, -0.2) is 47.1 Å². The minimum Gasteiger partial charge on any atom is -0.446 e. The van der Waals surface area contributed by atoms with E-state index in [2.05, 4.69) is 28.4 Å². The molecular weight excluding hydrogens is 440 g/mol. The van der Waals surface area contributed by atoms with Gasteiger partial charge in [0.1, 0.15) is 6.10 Å². The molecule has 3 heterocycles. The standard InChI is InChI=1S/C28H36N4O3/c1-19-15-26(30-28(34)35-24-7-6-8-24)25-16-21(10-12-27(25)32(19)20(2)33)22-9-11-23(29-17-22)18-31-13-4-3-5-14-31/h9-12,16-17,19,24,26H,3-8,13-15,18H2,1-2H3,(H,30,34)/t19-,26+/m1/s1. The van der Waals surface area contributed by atoms with Crippen LogP contribution in [0.25, 0.3) is 11.1 Å². The lowest BCUT2D eigenvalue weighted by Gasteiger charge is -2.39. The highest BCUT2D eigenvalue weighted by Gasteiger charge is 2.34. The number of pyridine rings is 1. The number of amides is 2. The summed E-state index contributed by atoms with van der Waals surface area (Å²) in [6.45, 7) is 6.81. The van der Waals surface area contributed by atoms with Gasteiger partial charge >= 0.3 is 6.09 Å². The van der Waals surface area contributed by atoms with Crippen molar-refractivity contribution in [3.63, 3.8) is 0 Å². The van der Waals surface area contributed by atoms with Gasteiger partial charge in [0, 0.05) is 37.0 Å². The molecule has 0 unspecified atom stereocenters. The zero-order chi connectivity index (χ0) is 24.4. The summed E-state index contributed by atoms with van der Waals surface area (Å²) >= 11 is 0. The number of rotatable bonds is 5. The predicted molar refractivity (Wildman–Crippen MR) is 136 cm³/mol. The Morgan fingerprint density at radius 3 is 2.49 bits per heavy atom. The van der Waals surface area contributed by atoms with Gasteiger partial charge in [0.15, 0.2) is 0 Å². The molecule has 7 nitrogen and oxygen atoms in total. The van der Waals surface area contributed by atoms with E-state index in [9.17, 15) is 9.59 Å². The van der Waals surface area contributed by atoms with Crippen molar-refractivity contribution in [2.45, 2.75) is 83.5 Å². The summed E-state index contributed by atoms with van der Waals surface area (Å²) in [5.41, 5.74) is 4.93. The molecule has 2 aromatic rings. The quantitative estimate of drug-likeness (QED) is 0.642. The van der Waals surface area contributed by atoms with Gasteiger partial charge in [0.2, 0.25) is 5.91 Å². The lowest BCUT2D eigenvalue weighted by atomic mass is 9.89. The third-order valence-electron chi connectivity index (χ3n) is 7.63. The van der Waals surface area contributed by atoms with Crippen LogP contribution >= 0.6 is 0 Å². The van der Waals surface area contributed by atoms with Gasteiger partial charge in [-0.2, -0.15) is 0 Å². The third-order valence-corrected chi connectivity index (χ3v) is 7.63. The van der Waals surface area contributed by atoms with Crippen molar-refractivity contribution in [2.24, 2.45) is 0 Å². The number of carbonyl (C=O) groups excluding carboxylic acids is 2. The van der Waals surface area contributed by atoms with Gasteiger partial charge in [0.05, 0.1) is 11.7 Å². The molecule has 0 radical (unpaired) electrons. The lowest BCUT2D eigenvalue weighted by molar-refractivity contribution is -0.117. The van der Waals surface area contributed by atoms with Crippen LogP contribution in [0.3, 0.4) is 0 Å². The zero-order valence-electron chi connectivity index (χ0n) is 20.8. The number of ether oxygens (including phenoxy) is 1. The topological polar surface area (TPSA) is 74.8 Å². The van der Waals surface area contributed by atoms with Gasteiger partial charge < -0.3 is 15.0 Å². The van der Waals surface area contributed by atoms with Crippen molar-refractivity contribution >= 4 is 17.7 Å². The average Bonchev–Trinajstić information content (AvgIpc) is 2.82. The summed E-state index contributed by atoms with van der Waals surface area (Å²) in [5, 5.41) is 3.08. The molecule has 1 aromatic heterocycles. The predicted octanol–water partition coefficient (Wildman–Crippen LogP) is 5.20. The van der Waals surface area contributed by atoms with Crippen molar-refractivity contribution in [3.8, 4) is 11.1 Å². The minimum atomic E-state index is -0.372. The number of anilines is 1. The van der Waals surface area contributed by atoms with Crippen molar-refractivity contribution in [2.75, 3.05) is 18.0 Å². The van der Waals surface area contributed by atoms with E-state index in [0.717, 1.165) is 67.0 Å². The van der Waals surface area contributed by atoms with Crippen LogP contribution in [0.5, 0.6) is 0 Å². The van der Waals surface area contributed by atoms with Gasteiger partial charge in [0.25, 0.3) is 0 Å². The van der Waals surface area contributed by atoms with Crippen molar-refractivity contribution < 1.29 is 14.3 Å². The molecule has 3 aliphatic rings. The number of nitrogens with one attached hydrogen (secondary N) is 1. The van der Waals surface area contributed by atoms with Gasteiger partial charge in [-0.05, 0) is 87.9 Å². The van der Waals surface area contributed by atoms with E-state index in [0.29, 0.717) is 6.42 Å². The average molecular weight is 477 g/mol. The van der Waals surface area contributed by atoms with E-state index in [4.69, 9.17) is 9.72 Å². The largest absolute Gasteiger partial charge is 0.446 e. The van der Waals surface area contributed by atoms with E-state index in [-0.39, 0.29) is 30.2 Å². The van der Waals surface area contributed by atoms with Crippen LogP contribution in [0.1, 0.15) is 76.1 Å². The minimum absolute atomic E-state index is 0.00530. The lowest BCUT2D eigenvalue weighted by Crippen LogP contribution is -2.46. The van der Waals surface area contributed by atoms with Gasteiger partial charge in [-0.25, -0.2) is 4.79 Å². The fourth-order valence-corrected chi connectivity index (χ4v) is 5.51. The van der Waals surface area contributed by atoms with Crippen LogP contribution in [0.2, 0.25) is 0 Å². The Labute approximate surface area is 207 Å². The van der Waals surface area contributed by atoms with Crippen LogP contribution in [0.4, 0.5) is 10.5 Å². The number of alkyl carbamates (subject to hydrolysis) is 1. The molecule has 35 heavy (non-hydrogen) atoms. The number of carbonyl (C=O) groups is 2. The third kappa shape index (κ3) is 5.35. The first kappa shape index (κ1) is 23.8. The van der Waals surface area contributed by atoms with E-state index >= 15 is 0 Å². The summed E-state index contributed by atoms with van der Waals surface area (Å²) in [7, 11) is 0. The Morgan fingerprint density at radius 2 is 1.83 bits per heavy atom. The fourth-order valence-electron chi connectivity index (χ4n) is 5.51. The summed E-state index contributed by atoms with van der Waals surface area (Å²) < 4.78 is 5.56. The molecule has 1 saturated heterocycles. The molecule has 1 N–H and O–H groups in total. The maximum Gasteiger partial charge on any atom is 0.407 e. The van der Waals surface area contributed by atoms with Crippen LogP contribution in [0.15, 0.2) is 36.5 Å². The maximum atomic E-state index is 12.6. The van der Waals surface area contributed by atoms with E-state index in [1.807, 2.05) is 30.2 Å². The molecule has 186 valence electrons. The first-order valence-electron chi connectivity index (χ1n) is 13.1. The molecule has 1 aromatic carbocycles. The molecule has 2 fully saturated rings. The van der Waals surface area contributed by atoms with Crippen molar-refractivity contribution in [1.82, 2.24) is 15.2 Å². The molecule has 5 rings (SSSR count). The summed E-state index contributed by atoms with van der Waals surface area (Å²) in [6, 6.07) is 10.1. The maximum absolute atomic E-state index is 12.6. The normalized spacial score (nSPS) is 22.7. The molecular formula is C28H36N4O3. The van der Waals surface area contributed by atoms with Crippen molar-refractivity contribution in [3.05, 3.63) is 47.8 Å².